The van der Waals surface area contributed by atoms with Gasteiger partial charge in [0, 0.05) is 0 Å². The maximum Gasteiger partial charge on any atom is 0.163 e. The van der Waals surface area contributed by atoms with Gasteiger partial charge in [0.25, 0.3) is 0 Å². The lowest BCUT2D eigenvalue weighted by atomic mass is 10.3. The van der Waals surface area contributed by atoms with Gasteiger partial charge in [-0.15, -0.1) is 0 Å². The van der Waals surface area contributed by atoms with Gasteiger partial charge in [-0.2, -0.15) is 0 Å². The van der Waals surface area contributed by atoms with Crippen molar-refractivity contribution in [2.24, 2.45) is 0 Å². The lowest BCUT2D eigenvalue weighted by molar-refractivity contribution is 0.171. The van der Waals surface area contributed by atoms with Gasteiger partial charge in [0.05, 0.1) is 5.69 Å². The first kappa shape index (κ1) is 7.43. The molecule has 1 atom stereocenters. The number of nitrogens with zero attached hydrogens (tertiary/aromatic N) is 1. The molecule has 0 amide bonds. The van der Waals surface area contributed by atoms with Gasteiger partial charge < -0.3 is 14.7 Å². The van der Waals surface area contributed by atoms with Gasteiger partial charge in [0.1, 0.15) is 12.0 Å². The van der Waals surface area contributed by atoms with Crippen molar-refractivity contribution in [3.05, 3.63) is 24.3 Å². The molecular weight excluding hydrogens is 154 g/mol. The number of aliphatic hydroxyl groups is 1. The first-order valence-corrected chi connectivity index (χ1v) is 3.95. The monoisotopic (exact) mass is 165 g/mol. The molecule has 0 bridgehead atoms. The molecule has 1 aromatic carbocycles. The van der Waals surface area contributed by atoms with Gasteiger partial charge in [-0.25, -0.2) is 0 Å². The first-order chi connectivity index (χ1) is 5.79. The number of hydrogen-bond acceptors (Lipinski definition) is 3. The maximum atomic E-state index is 9.34. The van der Waals surface area contributed by atoms with E-state index in [9.17, 15) is 5.11 Å². The standard InChI is InChI=1S/C9H11NO2/c1-7(11)10-6-12-9-5-3-2-4-8(9)10/h2-5,7,11H,6H2,1H3. The summed E-state index contributed by atoms with van der Waals surface area (Å²) in [5.41, 5.74) is 0.965. The van der Waals surface area contributed by atoms with Crippen LogP contribution in [0.3, 0.4) is 0 Å². The summed E-state index contributed by atoms with van der Waals surface area (Å²) in [6.45, 7) is 2.17. The van der Waals surface area contributed by atoms with Crippen LogP contribution in [-0.4, -0.2) is 18.1 Å². The Kier molecular flexibility index (Phi) is 1.66. The van der Waals surface area contributed by atoms with Crippen molar-refractivity contribution in [3.63, 3.8) is 0 Å². The second kappa shape index (κ2) is 2.68. The molecule has 0 aliphatic carbocycles. The zero-order valence-electron chi connectivity index (χ0n) is 6.90. The van der Waals surface area contributed by atoms with Crippen molar-refractivity contribution < 1.29 is 9.84 Å². The van der Waals surface area contributed by atoms with Crippen LogP contribution in [0.25, 0.3) is 0 Å². The highest BCUT2D eigenvalue weighted by molar-refractivity contribution is 5.61. The van der Waals surface area contributed by atoms with Crippen LogP contribution >= 0.6 is 0 Å². The summed E-state index contributed by atoms with van der Waals surface area (Å²) in [4.78, 5) is 1.80. The van der Waals surface area contributed by atoms with E-state index in [1.807, 2.05) is 24.3 Å². The normalized spacial score (nSPS) is 17.0. The Bertz CT molecular complexity index is 286. The Morgan fingerprint density at radius 2 is 2.25 bits per heavy atom. The minimum Gasteiger partial charge on any atom is -0.471 e. The number of fused-ring (bicyclic) bond motifs is 1. The first-order valence-electron chi connectivity index (χ1n) is 3.95. The topological polar surface area (TPSA) is 32.7 Å². The van der Waals surface area contributed by atoms with E-state index in [1.54, 1.807) is 11.8 Å². The molecule has 1 unspecified atom stereocenters. The molecule has 3 nitrogen and oxygen atoms in total. The zero-order valence-corrected chi connectivity index (χ0v) is 6.90. The van der Waals surface area contributed by atoms with Crippen molar-refractivity contribution in [3.8, 4) is 5.75 Å². The molecule has 1 aliphatic rings. The summed E-state index contributed by atoms with van der Waals surface area (Å²) in [6, 6.07) is 7.69. The molecule has 3 heteroatoms. The number of para-hydroxylation sites is 2. The summed E-state index contributed by atoms with van der Waals surface area (Å²) in [7, 11) is 0. The number of anilines is 1. The van der Waals surface area contributed by atoms with Crippen LogP contribution in [0.5, 0.6) is 5.75 Å². The largest absolute Gasteiger partial charge is 0.471 e. The number of ether oxygens (including phenoxy) is 1. The average molecular weight is 165 g/mol. The molecule has 0 spiro atoms. The third-order valence-corrected chi connectivity index (χ3v) is 1.98. The minimum absolute atomic E-state index is 0.441. The fraction of sp³-hybridized carbons (Fsp3) is 0.333. The molecule has 1 N–H and O–H groups in total. The van der Waals surface area contributed by atoms with E-state index in [-0.39, 0.29) is 0 Å². The molecule has 0 fully saturated rings. The van der Waals surface area contributed by atoms with E-state index in [1.165, 1.54) is 0 Å². The average Bonchev–Trinajstić information content (AvgIpc) is 2.47. The third kappa shape index (κ3) is 1.02. The second-order valence-electron chi connectivity index (χ2n) is 2.84. The molecule has 0 saturated carbocycles. The molecule has 1 aliphatic heterocycles. The third-order valence-electron chi connectivity index (χ3n) is 1.98. The van der Waals surface area contributed by atoms with Gasteiger partial charge in [-0.1, -0.05) is 12.1 Å². The van der Waals surface area contributed by atoms with E-state index in [4.69, 9.17) is 4.74 Å². The molecule has 1 aromatic rings. The highest BCUT2D eigenvalue weighted by Gasteiger charge is 2.22. The van der Waals surface area contributed by atoms with Crippen molar-refractivity contribution in [2.45, 2.75) is 13.2 Å². The highest BCUT2D eigenvalue weighted by Crippen LogP contribution is 2.33. The molecule has 12 heavy (non-hydrogen) atoms. The van der Waals surface area contributed by atoms with Crippen LogP contribution in [0, 0.1) is 0 Å². The Labute approximate surface area is 71.2 Å². The van der Waals surface area contributed by atoms with Crippen LogP contribution in [0.15, 0.2) is 24.3 Å². The lowest BCUT2D eigenvalue weighted by Crippen LogP contribution is -2.31. The molecule has 0 aromatic heterocycles. The van der Waals surface area contributed by atoms with Crippen LogP contribution in [-0.2, 0) is 0 Å². The molecular formula is C9H11NO2. The molecule has 64 valence electrons. The second-order valence-corrected chi connectivity index (χ2v) is 2.84. The van der Waals surface area contributed by atoms with Crippen molar-refractivity contribution in [2.75, 3.05) is 11.6 Å². The molecule has 0 radical (unpaired) electrons. The maximum absolute atomic E-state index is 9.34. The summed E-state index contributed by atoms with van der Waals surface area (Å²) < 4.78 is 5.34. The Balaban J connectivity index is 2.36. The van der Waals surface area contributed by atoms with Gasteiger partial charge in [-0.05, 0) is 19.1 Å². The summed E-state index contributed by atoms with van der Waals surface area (Å²) >= 11 is 0. The number of hydrogen-bond donors (Lipinski definition) is 1. The highest BCUT2D eigenvalue weighted by atomic mass is 16.5. The fourth-order valence-electron chi connectivity index (χ4n) is 1.33. The van der Waals surface area contributed by atoms with Gasteiger partial charge in [-0.3, -0.25) is 0 Å². The Hall–Kier alpha value is -1.22. The number of aliphatic hydroxyl groups excluding tert-OH is 1. The Morgan fingerprint density at radius 1 is 1.50 bits per heavy atom. The molecule has 2 rings (SSSR count). The smallest absolute Gasteiger partial charge is 0.163 e. The number of benzene rings is 1. The van der Waals surface area contributed by atoms with Crippen molar-refractivity contribution in [1.29, 1.82) is 0 Å². The predicted molar refractivity (Wildman–Crippen MR) is 46.1 cm³/mol. The zero-order chi connectivity index (χ0) is 8.55. The minimum atomic E-state index is -0.492. The van der Waals surface area contributed by atoms with Crippen molar-refractivity contribution in [1.82, 2.24) is 0 Å². The molecule has 1 heterocycles. The van der Waals surface area contributed by atoms with Crippen molar-refractivity contribution >= 4 is 5.69 Å². The molecule has 0 saturated heterocycles. The van der Waals surface area contributed by atoms with Crippen LogP contribution in [0.4, 0.5) is 5.69 Å². The van der Waals surface area contributed by atoms with Gasteiger partial charge in [0.2, 0.25) is 0 Å². The van der Waals surface area contributed by atoms with E-state index < -0.39 is 6.23 Å². The van der Waals surface area contributed by atoms with Crippen LogP contribution in [0.1, 0.15) is 6.92 Å². The van der Waals surface area contributed by atoms with E-state index in [2.05, 4.69) is 0 Å². The van der Waals surface area contributed by atoms with Gasteiger partial charge in [0.15, 0.2) is 6.73 Å². The van der Waals surface area contributed by atoms with Gasteiger partial charge >= 0.3 is 0 Å². The van der Waals surface area contributed by atoms with E-state index in [0.717, 1.165) is 11.4 Å². The number of rotatable bonds is 1. The van der Waals surface area contributed by atoms with E-state index >= 15 is 0 Å². The summed E-state index contributed by atoms with van der Waals surface area (Å²) in [5.74, 6) is 0.846. The predicted octanol–water partition coefficient (Wildman–Crippen LogP) is 1.18. The summed E-state index contributed by atoms with van der Waals surface area (Å²) in [6.07, 6.45) is -0.492. The SMILES string of the molecule is CC(O)N1COc2ccccc21. The summed E-state index contributed by atoms with van der Waals surface area (Å²) in [5, 5.41) is 9.34. The van der Waals surface area contributed by atoms with Crippen LogP contribution in [0.2, 0.25) is 0 Å². The lowest BCUT2D eigenvalue weighted by Gasteiger charge is -2.19. The van der Waals surface area contributed by atoms with E-state index in [0.29, 0.717) is 6.73 Å². The quantitative estimate of drug-likeness (QED) is 0.678. The van der Waals surface area contributed by atoms with Crippen LogP contribution < -0.4 is 9.64 Å². The Morgan fingerprint density at radius 3 is 3.00 bits per heavy atom. The fourth-order valence-corrected chi connectivity index (χ4v) is 1.33.